The zero-order chi connectivity index (χ0) is 18.8. The van der Waals surface area contributed by atoms with Crippen LogP contribution in [-0.4, -0.2) is 11.5 Å². The summed E-state index contributed by atoms with van der Waals surface area (Å²) in [6, 6.07) is 9.41. The zero-order valence-corrected chi connectivity index (χ0v) is 14.8. The highest BCUT2D eigenvalue weighted by atomic mass is 35.5. The van der Waals surface area contributed by atoms with Crippen LogP contribution in [0, 0.1) is 0 Å². The molecule has 25 heavy (non-hydrogen) atoms. The Morgan fingerprint density at radius 2 is 1.64 bits per heavy atom. The Hall–Kier alpha value is -1.92. The molecule has 3 nitrogen and oxygen atoms in total. The SMILES string of the molecule is CC(C)(Oc1ccc(Cl)cc1)C(=O)Nc1ccc(C(F)(F)F)c(Cl)c1. The molecule has 0 saturated carbocycles. The van der Waals surface area contributed by atoms with Crippen molar-refractivity contribution in [2.45, 2.75) is 25.6 Å². The quantitative estimate of drug-likeness (QED) is 0.713. The third kappa shape index (κ3) is 5.03. The molecule has 0 aliphatic carbocycles. The minimum Gasteiger partial charge on any atom is -0.478 e. The van der Waals surface area contributed by atoms with Crippen LogP contribution in [-0.2, 0) is 11.0 Å². The van der Waals surface area contributed by atoms with Crippen molar-refractivity contribution in [3.63, 3.8) is 0 Å². The second-order valence-electron chi connectivity index (χ2n) is 5.71. The first-order valence-electron chi connectivity index (χ1n) is 7.12. The molecule has 134 valence electrons. The van der Waals surface area contributed by atoms with Gasteiger partial charge in [-0.25, -0.2) is 0 Å². The number of benzene rings is 2. The van der Waals surface area contributed by atoms with Crippen LogP contribution in [0.1, 0.15) is 19.4 Å². The second-order valence-corrected chi connectivity index (χ2v) is 6.56. The Balaban J connectivity index is 2.12. The third-order valence-electron chi connectivity index (χ3n) is 3.27. The predicted octanol–water partition coefficient (Wildman–Crippen LogP) is 5.81. The van der Waals surface area contributed by atoms with E-state index < -0.39 is 28.3 Å². The molecular weight excluding hydrogens is 378 g/mol. The highest BCUT2D eigenvalue weighted by Gasteiger charge is 2.34. The molecule has 0 unspecified atom stereocenters. The highest BCUT2D eigenvalue weighted by molar-refractivity contribution is 6.31. The average Bonchev–Trinajstić information content (AvgIpc) is 2.48. The summed E-state index contributed by atoms with van der Waals surface area (Å²) in [4.78, 5) is 12.4. The molecule has 0 spiro atoms. The fraction of sp³-hybridized carbons (Fsp3) is 0.235. The van der Waals surface area contributed by atoms with Gasteiger partial charge in [-0.15, -0.1) is 0 Å². The standard InChI is InChI=1S/C17H14Cl2F3NO2/c1-16(2,25-12-6-3-10(18)4-7-12)15(24)23-11-5-8-13(14(19)9-11)17(20,21)22/h3-9H,1-2H3,(H,23,24). The van der Waals surface area contributed by atoms with Gasteiger partial charge in [-0.1, -0.05) is 23.2 Å². The van der Waals surface area contributed by atoms with Gasteiger partial charge in [0.25, 0.3) is 5.91 Å². The van der Waals surface area contributed by atoms with Crippen molar-refractivity contribution in [2.75, 3.05) is 5.32 Å². The monoisotopic (exact) mass is 391 g/mol. The van der Waals surface area contributed by atoms with Gasteiger partial charge in [-0.3, -0.25) is 4.79 Å². The normalized spacial score (nSPS) is 12.0. The van der Waals surface area contributed by atoms with E-state index in [0.29, 0.717) is 10.8 Å². The van der Waals surface area contributed by atoms with Crippen molar-refractivity contribution in [3.8, 4) is 5.75 Å². The van der Waals surface area contributed by atoms with Crippen LogP contribution in [0.5, 0.6) is 5.75 Å². The van der Waals surface area contributed by atoms with Crippen LogP contribution >= 0.6 is 23.2 Å². The molecule has 2 aromatic carbocycles. The predicted molar refractivity (Wildman–Crippen MR) is 91.2 cm³/mol. The first-order valence-corrected chi connectivity index (χ1v) is 7.87. The largest absolute Gasteiger partial charge is 0.478 e. The number of halogens is 5. The fourth-order valence-corrected chi connectivity index (χ4v) is 2.36. The van der Waals surface area contributed by atoms with Crippen molar-refractivity contribution >= 4 is 34.8 Å². The molecule has 2 rings (SSSR count). The Kier molecular flexibility index (Phi) is 5.54. The van der Waals surface area contributed by atoms with Crippen molar-refractivity contribution in [1.82, 2.24) is 0 Å². The molecule has 2 aromatic rings. The second kappa shape index (κ2) is 7.14. The van der Waals surface area contributed by atoms with E-state index in [0.717, 1.165) is 18.2 Å². The Morgan fingerprint density at radius 1 is 1.04 bits per heavy atom. The summed E-state index contributed by atoms with van der Waals surface area (Å²) in [5.41, 5.74) is -2.11. The lowest BCUT2D eigenvalue weighted by molar-refractivity contribution is -0.137. The number of rotatable bonds is 4. The Morgan fingerprint density at radius 3 is 2.16 bits per heavy atom. The molecule has 0 aliphatic heterocycles. The minimum atomic E-state index is -4.56. The number of hydrogen-bond acceptors (Lipinski definition) is 2. The van der Waals surface area contributed by atoms with E-state index in [4.69, 9.17) is 27.9 Å². The number of amides is 1. The van der Waals surface area contributed by atoms with Crippen molar-refractivity contribution in [3.05, 3.63) is 58.1 Å². The summed E-state index contributed by atoms with van der Waals surface area (Å²) in [6.07, 6.45) is -4.56. The molecule has 0 radical (unpaired) electrons. The molecule has 0 fully saturated rings. The van der Waals surface area contributed by atoms with E-state index in [2.05, 4.69) is 5.32 Å². The topological polar surface area (TPSA) is 38.3 Å². The summed E-state index contributed by atoms with van der Waals surface area (Å²) in [5.74, 6) is -0.117. The van der Waals surface area contributed by atoms with Crippen LogP contribution in [0.4, 0.5) is 18.9 Å². The van der Waals surface area contributed by atoms with Gasteiger partial charge in [-0.2, -0.15) is 13.2 Å². The van der Waals surface area contributed by atoms with Crippen LogP contribution < -0.4 is 10.1 Å². The van der Waals surface area contributed by atoms with Gasteiger partial charge in [0.15, 0.2) is 5.60 Å². The summed E-state index contributed by atoms with van der Waals surface area (Å²) in [7, 11) is 0. The number of hydrogen-bond donors (Lipinski definition) is 1. The fourth-order valence-electron chi connectivity index (χ4n) is 1.95. The molecule has 0 saturated heterocycles. The van der Waals surface area contributed by atoms with Gasteiger partial charge in [0.2, 0.25) is 0 Å². The van der Waals surface area contributed by atoms with Gasteiger partial charge >= 0.3 is 6.18 Å². The zero-order valence-electron chi connectivity index (χ0n) is 13.2. The number of anilines is 1. The van der Waals surface area contributed by atoms with Gasteiger partial charge in [0.1, 0.15) is 5.75 Å². The molecule has 0 atom stereocenters. The first-order chi connectivity index (χ1) is 11.5. The highest BCUT2D eigenvalue weighted by Crippen LogP contribution is 2.36. The molecule has 0 heterocycles. The molecule has 1 N–H and O–H groups in total. The number of carbonyl (C=O) groups excluding carboxylic acids is 1. The molecule has 1 amide bonds. The van der Waals surface area contributed by atoms with E-state index in [9.17, 15) is 18.0 Å². The Bertz CT molecular complexity index is 774. The molecule has 0 aromatic heterocycles. The molecule has 0 bridgehead atoms. The smallest absolute Gasteiger partial charge is 0.417 e. The van der Waals surface area contributed by atoms with Gasteiger partial charge in [0, 0.05) is 10.7 Å². The number of ether oxygens (including phenoxy) is 1. The van der Waals surface area contributed by atoms with Crippen LogP contribution in [0.25, 0.3) is 0 Å². The van der Waals surface area contributed by atoms with E-state index in [-0.39, 0.29) is 5.69 Å². The maximum absolute atomic E-state index is 12.7. The molecule has 0 aliphatic rings. The van der Waals surface area contributed by atoms with Gasteiger partial charge < -0.3 is 10.1 Å². The maximum Gasteiger partial charge on any atom is 0.417 e. The number of nitrogens with one attached hydrogen (secondary N) is 1. The number of carbonyl (C=O) groups is 1. The minimum absolute atomic E-state index is 0.135. The average molecular weight is 392 g/mol. The maximum atomic E-state index is 12.7. The Labute approximate surface area is 152 Å². The van der Waals surface area contributed by atoms with Crippen LogP contribution in [0.3, 0.4) is 0 Å². The molecule has 8 heteroatoms. The summed E-state index contributed by atoms with van der Waals surface area (Å²) in [6.45, 7) is 3.06. The van der Waals surface area contributed by atoms with Crippen LogP contribution in [0.15, 0.2) is 42.5 Å². The van der Waals surface area contributed by atoms with Crippen molar-refractivity contribution < 1.29 is 22.7 Å². The lowest BCUT2D eigenvalue weighted by atomic mass is 10.1. The first kappa shape index (κ1) is 19.4. The third-order valence-corrected chi connectivity index (χ3v) is 3.83. The van der Waals surface area contributed by atoms with E-state index in [1.807, 2.05) is 0 Å². The summed E-state index contributed by atoms with van der Waals surface area (Å²) >= 11 is 11.4. The summed E-state index contributed by atoms with van der Waals surface area (Å²) in [5, 5.41) is 2.52. The van der Waals surface area contributed by atoms with Crippen molar-refractivity contribution in [2.24, 2.45) is 0 Å². The summed E-state index contributed by atoms with van der Waals surface area (Å²) < 4.78 is 43.7. The number of alkyl halides is 3. The van der Waals surface area contributed by atoms with Crippen molar-refractivity contribution in [1.29, 1.82) is 0 Å². The molecular formula is C17H14Cl2F3NO2. The van der Waals surface area contributed by atoms with E-state index in [1.165, 1.54) is 13.8 Å². The van der Waals surface area contributed by atoms with Gasteiger partial charge in [0.05, 0.1) is 10.6 Å². The lowest BCUT2D eigenvalue weighted by Crippen LogP contribution is -2.42. The van der Waals surface area contributed by atoms with E-state index >= 15 is 0 Å². The lowest BCUT2D eigenvalue weighted by Gasteiger charge is -2.25. The van der Waals surface area contributed by atoms with Gasteiger partial charge in [-0.05, 0) is 56.3 Å². The van der Waals surface area contributed by atoms with E-state index in [1.54, 1.807) is 24.3 Å². The van der Waals surface area contributed by atoms with Crippen LogP contribution in [0.2, 0.25) is 10.0 Å².